The van der Waals surface area contributed by atoms with Crippen molar-refractivity contribution in [3.63, 3.8) is 0 Å². The van der Waals surface area contributed by atoms with Crippen molar-refractivity contribution in [1.29, 1.82) is 0 Å². The summed E-state index contributed by atoms with van der Waals surface area (Å²) in [5.74, 6) is -0.912. The number of carbonyl (C=O) groups excluding carboxylic acids is 2. The van der Waals surface area contributed by atoms with Crippen molar-refractivity contribution in [1.82, 2.24) is 0 Å². The van der Waals surface area contributed by atoms with Crippen molar-refractivity contribution >= 4 is 23.2 Å². The predicted molar refractivity (Wildman–Crippen MR) is 126 cm³/mol. The van der Waals surface area contributed by atoms with Gasteiger partial charge in [-0.3, -0.25) is 9.59 Å². The lowest BCUT2D eigenvalue weighted by Crippen LogP contribution is -2.46. The van der Waals surface area contributed by atoms with Crippen molar-refractivity contribution in [3.05, 3.63) is 59.7 Å². The molecule has 2 aliphatic heterocycles. The van der Waals surface area contributed by atoms with Gasteiger partial charge in [0.1, 0.15) is 0 Å². The van der Waals surface area contributed by atoms with Crippen LogP contribution in [-0.2, 0) is 26.5 Å². The van der Waals surface area contributed by atoms with Gasteiger partial charge in [-0.1, -0.05) is 37.3 Å². The minimum Gasteiger partial charge on any atom is -0.396 e. The number of fused-ring (bicyclic) bond motifs is 2. The van der Waals surface area contributed by atoms with Crippen LogP contribution in [0.5, 0.6) is 0 Å². The fourth-order valence-corrected chi connectivity index (χ4v) is 5.67. The number of carbonyl (C=O) groups is 2. The molecule has 2 amide bonds. The molecule has 0 unspecified atom stereocenters. The Kier molecular flexibility index (Phi) is 6.07. The van der Waals surface area contributed by atoms with Gasteiger partial charge in [-0.2, -0.15) is 0 Å². The van der Waals surface area contributed by atoms with Gasteiger partial charge in [-0.25, -0.2) is 0 Å². The van der Waals surface area contributed by atoms with Crippen LogP contribution in [0, 0.1) is 11.8 Å². The summed E-state index contributed by atoms with van der Waals surface area (Å²) in [6.45, 7) is 7.16. The maximum absolute atomic E-state index is 14.0. The normalized spacial score (nSPS) is 26.7. The molecule has 0 bridgehead atoms. The van der Waals surface area contributed by atoms with Gasteiger partial charge in [-0.05, 0) is 44.0 Å². The molecule has 1 fully saturated rings. The molecule has 1 spiro atoms. The molecule has 176 valence electrons. The topological polar surface area (TPSA) is 99.1 Å². The lowest BCUT2D eigenvalue weighted by atomic mass is 9.71. The van der Waals surface area contributed by atoms with E-state index in [2.05, 4.69) is 5.32 Å². The second kappa shape index (κ2) is 8.56. The van der Waals surface area contributed by atoms with E-state index in [1.807, 2.05) is 55.5 Å². The van der Waals surface area contributed by atoms with Crippen molar-refractivity contribution in [2.75, 3.05) is 16.8 Å². The molecule has 0 radical (unpaired) electrons. The zero-order chi connectivity index (χ0) is 24.0. The standard InChI is InChI=1S/C26H32N2O5/c1-16-23(25(3,4)32)22(13-14-29)33-26(16)20-7-5-6-8-21(20)28(24(26)31)15-18-9-11-19(12-10-18)27-17(2)30/h5-12,16,22-23,29,32H,13-15H2,1-4H3,(H,27,30)/t16-,22+,23-,26+/m1/s1. The fraction of sp³-hybridized carbons (Fsp3) is 0.462. The monoisotopic (exact) mass is 452 g/mol. The number of nitrogens with zero attached hydrogens (tertiary/aromatic N) is 1. The Bertz CT molecular complexity index is 1050. The van der Waals surface area contributed by atoms with Crippen molar-refractivity contribution in [2.45, 2.75) is 58.0 Å². The van der Waals surface area contributed by atoms with Gasteiger partial charge in [-0.15, -0.1) is 0 Å². The number of aliphatic hydroxyl groups excluding tert-OH is 1. The number of hydrogen-bond donors (Lipinski definition) is 3. The molecule has 0 aromatic heterocycles. The van der Waals surface area contributed by atoms with E-state index in [1.165, 1.54) is 6.92 Å². The quantitative estimate of drug-likeness (QED) is 0.625. The molecule has 0 aliphatic carbocycles. The summed E-state index contributed by atoms with van der Waals surface area (Å²) < 4.78 is 6.51. The third kappa shape index (κ3) is 3.94. The molecule has 4 rings (SSSR count). The molecular weight excluding hydrogens is 420 g/mol. The first-order chi connectivity index (χ1) is 15.6. The molecule has 2 heterocycles. The number of nitrogens with one attached hydrogen (secondary N) is 1. The second-order valence-corrected chi connectivity index (χ2v) is 9.66. The summed E-state index contributed by atoms with van der Waals surface area (Å²) in [4.78, 5) is 27.1. The minimum absolute atomic E-state index is 0.0831. The number of ether oxygens (including phenoxy) is 1. The van der Waals surface area contributed by atoms with Crippen LogP contribution in [0.3, 0.4) is 0 Å². The minimum atomic E-state index is -1.21. The molecule has 7 heteroatoms. The number of hydrogen-bond acceptors (Lipinski definition) is 5. The van der Waals surface area contributed by atoms with E-state index in [-0.39, 0.29) is 30.3 Å². The summed E-state index contributed by atoms with van der Waals surface area (Å²) in [5.41, 5.74) is 0.915. The van der Waals surface area contributed by atoms with E-state index in [4.69, 9.17) is 4.74 Å². The summed E-state index contributed by atoms with van der Waals surface area (Å²) in [6, 6.07) is 15.0. The molecule has 7 nitrogen and oxygen atoms in total. The molecule has 2 aliphatic rings. The van der Waals surface area contributed by atoms with Crippen LogP contribution in [-0.4, -0.2) is 40.3 Å². The van der Waals surface area contributed by atoms with Crippen LogP contribution in [0.15, 0.2) is 48.5 Å². The van der Waals surface area contributed by atoms with E-state index < -0.39 is 17.3 Å². The van der Waals surface area contributed by atoms with Crippen molar-refractivity contribution in [3.8, 4) is 0 Å². The first-order valence-electron chi connectivity index (χ1n) is 11.4. The Morgan fingerprint density at radius 3 is 2.45 bits per heavy atom. The van der Waals surface area contributed by atoms with Gasteiger partial charge in [0.05, 0.1) is 23.9 Å². The number of rotatable bonds is 6. The Labute approximate surface area is 194 Å². The average Bonchev–Trinajstić information content (AvgIpc) is 3.17. The third-order valence-corrected chi connectivity index (χ3v) is 6.92. The zero-order valence-corrected chi connectivity index (χ0v) is 19.5. The predicted octanol–water partition coefficient (Wildman–Crippen LogP) is 3.19. The van der Waals surface area contributed by atoms with Gasteiger partial charge in [0, 0.05) is 36.6 Å². The van der Waals surface area contributed by atoms with Crippen LogP contribution >= 0.6 is 0 Å². The molecule has 2 aromatic carbocycles. The molecule has 0 saturated carbocycles. The Balaban J connectivity index is 1.71. The summed E-state index contributed by atoms with van der Waals surface area (Å²) in [7, 11) is 0. The number of para-hydroxylation sites is 1. The van der Waals surface area contributed by atoms with E-state index in [9.17, 15) is 19.8 Å². The first kappa shape index (κ1) is 23.4. The lowest BCUT2D eigenvalue weighted by molar-refractivity contribution is -0.146. The van der Waals surface area contributed by atoms with E-state index in [0.717, 1.165) is 16.8 Å². The van der Waals surface area contributed by atoms with Gasteiger partial charge in [0.25, 0.3) is 5.91 Å². The smallest absolute Gasteiger partial charge is 0.264 e. The maximum Gasteiger partial charge on any atom is 0.264 e. The van der Waals surface area contributed by atoms with Crippen LogP contribution < -0.4 is 10.2 Å². The highest BCUT2D eigenvalue weighted by Gasteiger charge is 2.65. The van der Waals surface area contributed by atoms with E-state index in [1.54, 1.807) is 18.7 Å². The highest BCUT2D eigenvalue weighted by atomic mass is 16.5. The molecule has 1 saturated heterocycles. The van der Waals surface area contributed by atoms with E-state index >= 15 is 0 Å². The van der Waals surface area contributed by atoms with Gasteiger partial charge in [0.15, 0.2) is 5.60 Å². The first-order valence-corrected chi connectivity index (χ1v) is 11.4. The average molecular weight is 453 g/mol. The Morgan fingerprint density at radius 1 is 1.18 bits per heavy atom. The SMILES string of the molecule is CC(=O)Nc1ccc(CN2C(=O)[C@@]3(O[C@@H](CCO)[C@H](C(C)(C)O)[C@H]3C)c3ccccc32)cc1. The van der Waals surface area contributed by atoms with Crippen molar-refractivity contribution < 1.29 is 24.5 Å². The van der Waals surface area contributed by atoms with Crippen LogP contribution in [0.1, 0.15) is 45.2 Å². The number of anilines is 2. The molecule has 4 atom stereocenters. The zero-order valence-electron chi connectivity index (χ0n) is 19.5. The third-order valence-electron chi connectivity index (χ3n) is 6.92. The van der Waals surface area contributed by atoms with Gasteiger partial charge in [0.2, 0.25) is 5.91 Å². The van der Waals surface area contributed by atoms with Crippen LogP contribution in [0.25, 0.3) is 0 Å². The second-order valence-electron chi connectivity index (χ2n) is 9.66. The number of aliphatic hydroxyl groups is 2. The van der Waals surface area contributed by atoms with E-state index in [0.29, 0.717) is 18.7 Å². The maximum atomic E-state index is 14.0. The summed E-state index contributed by atoms with van der Waals surface area (Å²) in [5, 5.41) is 23.3. The molecular formula is C26H32N2O5. The number of amides is 2. The Hall–Kier alpha value is -2.74. The lowest BCUT2D eigenvalue weighted by Gasteiger charge is -2.34. The fourth-order valence-electron chi connectivity index (χ4n) is 5.67. The van der Waals surface area contributed by atoms with Crippen LogP contribution in [0.2, 0.25) is 0 Å². The van der Waals surface area contributed by atoms with Gasteiger partial charge < -0.3 is 25.2 Å². The number of benzene rings is 2. The molecule has 2 aromatic rings. The van der Waals surface area contributed by atoms with Gasteiger partial charge >= 0.3 is 0 Å². The highest BCUT2D eigenvalue weighted by Crippen LogP contribution is 2.57. The molecule has 33 heavy (non-hydrogen) atoms. The van der Waals surface area contributed by atoms with Crippen LogP contribution in [0.4, 0.5) is 11.4 Å². The summed E-state index contributed by atoms with van der Waals surface area (Å²) in [6.07, 6.45) is -0.0974. The van der Waals surface area contributed by atoms with Crippen molar-refractivity contribution in [2.24, 2.45) is 11.8 Å². The largest absolute Gasteiger partial charge is 0.396 e. The summed E-state index contributed by atoms with van der Waals surface area (Å²) >= 11 is 0. The Morgan fingerprint density at radius 2 is 1.85 bits per heavy atom. The highest BCUT2D eigenvalue weighted by molar-refractivity contribution is 6.07. The molecule has 3 N–H and O–H groups in total.